The first kappa shape index (κ1) is 16.0. The first-order valence-electron chi connectivity index (χ1n) is 7.08. The summed E-state index contributed by atoms with van der Waals surface area (Å²) in [5, 5.41) is 12.6. The quantitative estimate of drug-likeness (QED) is 0.564. The minimum atomic E-state index is -0.585. The van der Waals surface area contributed by atoms with Crippen LogP contribution in [0.4, 0.5) is 5.69 Å². The van der Waals surface area contributed by atoms with E-state index in [4.69, 9.17) is 17.3 Å². The van der Waals surface area contributed by atoms with Crippen LogP contribution in [-0.4, -0.2) is 17.0 Å². The minimum absolute atomic E-state index is 0.275. The third kappa shape index (κ3) is 3.08. The molecule has 3 rings (SSSR count). The van der Waals surface area contributed by atoms with Gasteiger partial charge >= 0.3 is 0 Å². The molecule has 0 heterocycles. The molecule has 0 aliphatic rings. The summed E-state index contributed by atoms with van der Waals surface area (Å²) < 4.78 is 0. The highest BCUT2D eigenvalue weighted by atomic mass is 35.5. The third-order valence-corrected chi connectivity index (χ3v) is 3.85. The number of rotatable bonds is 3. The molecule has 0 bridgehead atoms. The lowest BCUT2D eigenvalue weighted by Crippen LogP contribution is -2.26. The van der Waals surface area contributed by atoms with E-state index in [0.29, 0.717) is 21.2 Å². The minimum Gasteiger partial charge on any atom is -0.366 e. The van der Waals surface area contributed by atoms with E-state index >= 15 is 0 Å². The van der Waals surface area contributed by atoms with E-state index < -0.39 is 11.8 Å². The first-order valence-corrected chi connectivity index (χ1v) is 7.46. The normalized spacial score (nSPS) is 10.6. The van der Waals surface area contributed by atoms with Gasteiger partial charge in [0.1, 0.15) is 0 Å². The van der Waals surface area contributed by atoms with Crippen LogP contribution in [0, 0.1) is 0 Å². The number of halogens is 1. The highest BCUT2D eigenvalue weighted by Crippen LogP contribution is 2.22. The van der Waals surface area contributed by atoms with Gasteiger partial charge in [-0.05, 0) is 53.2 Å². The summed E-state index contributed by atoms with van der Waals surface area (Å²) >= 11 is 5.87. The van der Waals surface area contributed by atoms with Crippen LogP contribution >= 0.6 is 11.6 Å². The number of amides is 2. The average Bonchev–Trinajstić information content (AvgIpc) is 2.59. The molecule has 3 N–H and O–H groups in total. The zero-order chi connectivity index (χ0) is 17.3. The molecule has 3 aromatic carbocycles. The molecule has 0 aromatic heterocycles. The lowest BCUT2D eigenvalue weighted by Gasteiger charge is -2.15. The molecule has 120 valence electrons. The van der Waals surface area contributed by atoms with Crippen molar-refractivity contribution < 1.29 is 14.8 Å². The smallest absolute Gasteiger partial charge is 0.282 e. The SMILES string of the molecule is NC(=O)c1ccc2cc(C(=O)N(O)c3cccc(Cl)c3)ccc2c1. The predicted molar refractivity (Wildman–Crippen MR) is 92.5 cm³/mol. The van der Waals surface area contributed by atoms with E-state index in [9.17, 15) is 14.8 Å². The maximum Gasteiger partial charge on any atom is 0.282 e. The summed E-state index contributed by atoms with van der Waals surface area (Å²) in [5.41, 5.74) is 6.23. The first-order chi connectivity index (χ1) is 11.5. The van der Waals surface area contributed by atoms with E-state index in [0.717, 1.165) is 10.8 Å². The zero-order valence-electron chi connectivity index (χ0n) is 12.4. The largest absolute Gasteiger partial charge is 0.366 e. The fraction of sp³-hybridized carbons (Fsp3) is 0. The number of carbonyl (C=O) groups excluding carboxylic acids is 2. The zero-order valence-corrected chi connectivity index (χ0v) is 13.2. The Morgan fingerprint density at radius 1 is 0.917 bits per heavy atom. The van der Waals surface area contributed by atoms with Crippen molar-refractivity contribution in [3.05, 3.63) is 76.8 Å². The lowest BCUT2D eigenvalue weighted by molar-refractivity contribution is 0.0854. The van der Waals surface area contributed by atoms with Crippen molar-refractivity contribution >= 4 is 39.9 Å². The van der Waals surface area contributed by atoms with Crippen molar-refractivity contribution in [1.82, 2.24) is 0 Å². The van der Waals surface area contributed by atoms with Crippen LogP contribution in [-0.2, 0) is 0 Å². The lowest BCUT2D eigenvalue weighted by atomic mass is 10.0. The van der Waals surface area contributed by atoms with Gasteiger partial charge < -0.3 is 5.73 Å². The van der Waals surface area contributed by atoms with Crippen molar-refractivity contribution in [3.8, 4) is 0 Å². The molecule has 0 aliphatic heterocycles. The number of hydrogen-bond donors (Lipinski definition) is 2. The molecule has 5 nitrogen and oxygen atoms in total. The number of benzene rings is 3. The van der Waals surface area contributed by atoms with Crippen LogP contribution in [0.15, 0.2) is 60.7 Å². The Balaban J connectivity index is 1.95. The summed E-state index contributed by atoms with van der Waals surface area (Å²) in [6, 6.07) is 16.2. The summed E-state index contributed by atoms with van der Waals surface area (Å²) in [6.45, 7) is 0. The monoisotopic (exact) mass is 340 g/mol. The molecule has 24 heavy (non-hydrogen) atoms. The summed E-state index contributed by atoms with van der Waals surface area (Å²) in [4.78, 5) is 23.6. The van der Waals surface area contributed by atoms with Gasteiger partial charge in [-0.25, -0.2) is 0 Å². The van der Waals surface area contributed by atoms with Crippen molar-refractivity contribution in [2.24, 2.45) is 5.73 Å². The van der Waals surface area contributed by atoms with Gasteiger partial charge in [0.25, 0.3) is 5.91 Å². The van der Waals surface area contributed by atoms with Gasteiger partial charge in [-0.15, -0.1) is 0 Å². The molecule has 3 aromatic rings. The van der Waals surface area contributed by atoms with Crippen LogP contribution in [0.1, 0.15) is 20.7 Å². The molecular formula is C18H13ClN2O3. The molecule has 2 amide bonds. The Morgan fingerprint density at radius 3 is 2.17 bits per heavy atom. The molecule has 0 aliphatic carbocycles. The van der Waals surface area contributed by atoms with Gasteiger partial charge in [0.05, 0.1) is 5.69 Å². The Kier molecular flexibility index (Phi) is 4.20. The van der Waals surface area contributed by atoms with E-state index in [1.54, 1.807) is 54.6 Å². The molecular weight excluding hydrogens is 328 g/mol. The van der Waals surface area contributed by atoms with Crippen molar-refractivity contribution in [2.45, 2.75) is 0 Å². The number of nitrogens with zero attached hydrogens (tertiary/aromatic N) is 1. The second kappa shape index (κ2) is 6.31. The number of fused-ring (bicyclic) bond motifs is 1. The van der Waals surface area contributed by atoms with Crippen LogP contribution in [0.25, 0.3) is 10.8 Å². The van der Waals surface area contributed by atoms with Gasteiger partial charge in [-0.3, -0.25) is 14.8 Å². The topological polar surface area (TPSA) is 83.6 Å². The molecule has 0 spiro atoms. The van der Waals surface area contributed by atoms with Crippen molar-refractivity contribution in [2.75, 3.05) is 5.06 Å². The van der Waals surface area contributed by atoms with Crippen molar-refractivity contribution in [3.63, 3.8) is 0 Å². The Labute approximate surface area is 142 Å². The summed E-state index contributed by atoms with van der Waals surface area (Å²) in [5.74, 6) is -1.10. The van der Waals surface area contributed by atoms with Gasteiger partial charge in [0.2, 0.25) is 5.91 Å². The molecule has 0 fully saturated rings. The molecule has 0 saturated carbocycles. The summed E-state index contributed by atoms with van der Waals surface area (Å²) in [6.07, 6.45) is 0. The standard InChI is InChI=1S/C18H13ClN2O3/c19-15-2-1-3-16(10-15)21(24)18(23)14-7-5-11-8-13(17(20)22)6-4-12(11)9-14/h1-10,24H,(H2,20,22). The molecule has 0 radical (unpaired) electrons. The van der Waals surface area contributed by atoms with Crippen LogP contribution < -0.4 is 10.8 Å². The highest BCUT2D eigenvalue weighted by molar-refractivity contribution is 6.31. The average molecular weight is 341 g/mol. The summed E-state index contributed by atoms with van der Waals surface area (Å²) in [7, 11) is 0. The molecule has 0 saturated heterocycles. The van der Waals surface area contributed by atoms with E-state index in [1.807, 2.05) is 0 Å². The highest BCUT2D eigenvalue weighted by Gasteiger charge is 2.16. The van der Waals surface area contributed by atoms with E-state index in [-0.39, 0.29) is 5.69 Å². The number of nitrogens with two attached hydrogens (primary N) is 1. The predicted octanol–water partition coefficient (Wildman–Crippen LogP) is 3.63. The Morgan fingerprint density at radius 2 is 1.54 bits per heavy atom. The number of primary amides is 1. The van der Waals surface area contributed by atoms with Gasteiger partial charge in [-0.1, -0.05) is 29.8 Å². The number of hydroxylamine groups is 1. The second-order valence-corrected chi connectivity index (χ2v) is 5.67. The number of carbonyl (C=O) groups is 2. The number of hydrogen-bond acceptors (Lipinski definition) is 3. The van der Waals surface area contributed by atoms with E-state index in [1.165, 1.54) is 6.07 Å². The maximum atomic E-state index is 12.4. The Bertz CT molecular complexity index is 956. The third-order valence-electron chi connectivity index (χ3n) is 3.62. The maximum absolute atomic E-state index is 12.4. The molecule has 0 atom stereocenters. The number of anilines is 1. The molecule has 6 heteroatoms. The van der Waals surface area contributed by atoms with Crippen LogP contribution in [0.2, 0.25) is 5.02 Å². The van der Waals surface area contributed by atoms with Gasteiger partial charge in [0, 0.05) is 16.1 Å². The van der Waals surface area contributed by atoms with Crippen LogP contribution in [0.3, 0.4) is 0 Å². The van der Waals surface area contributed by atoms with E-state index in [2.05, 4.69) is 0 Å². The van der Waals surface area contributed by atoms with Gasteiger partial charge in [-0.2, -0.15) is 5.06 Å². The fourth-order valence-corrected chi connectivity index (χ4v) is 2.56. The fourth-order valence-electron chi connectivity index (χ4n) is 2.38. The van der Waals surface area contributed by atoms with Crippen LogP contribution in [0.5, 0.6) is 0 Å². The Hall–Kier alpha value is -2.89. The molecule has 0 unspecified atom stereocenters. The van der Waals surface area contributed by atoms with Gasteiger partial charge in [0.15, 0.2) is 0 Å². The second-order valence-electron chi connectivity index (χ2n) is 5.24. The van der Waals surface area contributed by atoms with Crippen molar-refractivity contribution in [1.29, 1.82) is 0 Å².